The Kier molecular flexibility index (Phi) is 7.04. The summed E-state index contributed by atoms with van der Waals surface area (Å²) in [4.78, 5) is 30.3. The monoisotopic (exact) mass is 369 g/mol. The summed E-state index contributed by atoms with van der Waals surface area (Å²) in [5.74, 6) is -0.442. The molecule has 0 aliphatic carbocycles. The van der Waals surface area contributed by atoms with E-state index in [4.69, 9.17) is 0 Å². The van der Waals surface area contributed by atoms with E-state index in [-0.39, 0.29) is 11.7 Å². The molecule has 0 amide bonds. The van der Waals surface area contributed by atoms with E-state index in [0.29, 0.717) is 11.6 Å². The van der Waals surface area contributed by atoms with Crippen LogP contribution >= 0.6 is 11.3 Å². The van der Waals surface area contributed by atoms with Crippen LogP contribution in [0.5, 0.6) is 0 Å². The van der Waals surface area contributed by atoms with E-state index >= 15 is 0 Å². The SMILES string of the molecule is C=Cc1ccc(-c2nc(C(C=O)C(=O)[C@H](CC)CC(C)C)c(C)s2)cc1. The molecule has 2 aromatic rings. The van der Waals surface area contributed by atoms with E-state index in [1.165, 1.54) is 11.3 Å². The Bertz CT molecular complexity index is 774. The average Bonchev–Trinajstić information content (AvgIpc) is 3.01. The molecule has 0 N–H and O–H groups in total. The number of Topliss-reactive ketones (excluding diaryl/α,β-unsaturated/α-hetero) is 1. The Labute approximate surface area is 160 Å². The van der Waals surface area contributed by atoms with Crippen LogP contribution in [0, 0.1) is 18.8 Å². The van der Waals surface area contributed by atoms with Crippen LogP contribution in [0.2, 0.25) is 0 Å². The van der Waals surface area contributed by atoms with E-state index in [1.807, 2.05) is 38.1 Å². The highest BCUT2D eigenvalue weighted by atomic mass is 32.1. The number of hydrogen-bond acceptors (Lipinski definition) is 4. The summed E-state index contributed by atoms with van der Waals surface area (Å²) < 4.78 is 0. The second kappa shape index (κ2) is 9.04. The van der Waals surface area contributed by atoms with Gasteiger partial charge in [-0.05, 0) is 31.2 Å². The number of aromatic nitrogens is 1. The van der Waals surface area contributed by atoms with Crippen molar-refractivity contribution in [2.24, 2.45) is 11.8 Å². The van der Waals surface area contributed by atoms with E-state index < -0.39 is 5.92 Å². The summed E-state index contributed by atoms with van der Waals surface area (Å²) in [5, 5.41) is 0.838. The zero-order chi connectivity index (χ0) is 19.3. The Balaban J connectivity index is 2.33. The molecular weight excluding hydrogens is 342 g/mol. The number of carbonyl (C=O) groups is 2. The fourth-order valence-electron chi connectivity index (χ4n) is 3.16. The van der Waals surface area contributed by atoms with Gasteiger partial charge in [0.25, 0.3) is 0 Å². The third-order valence-corrected chi connectivity index (χ3v) is 5.65. The van der Waals surface area contributed by atoms with E-state index in [0.717, 1.165) is 40.1 Å². The van der Waals surface area contributed by atoms with Crippen molar-refractivity contribution in [3.63, 3.8) is 0 Å². The molecule has 2 atom stereocenters. The van der Waals surface area contributed by atoms with Gasteiger partial charge >= 0.3 is 0 Å². The predicted molar refractivity (Wildman–Crippen MR) is 109 cm³/mol. The maximum atomic E-state index is 12.9. The van der Waals surface area contributed by atoms with Gasteiger partial charge < -0.3 is 4.79 Å². The predicted octanol–water partition coefficient (Wildman–Crippen LogP) is 5.69. The van der Waals surface area contributed by atoms with Gasteiger partial charge in [-0.25, -0.2) is 4.98 Å². The van der Waals surface area contributed by atoms with Gasteiger partial charge in [-0.15, -0.1) is 11.3 Å². The van der Waals surface area contributed by atoms with E-state index in [1.54, 1.807) is 6.08 Å². The van der Waals surface area contributed by atoms with Crippen LogP contribution in [0.4, 0.5) is 0 Å². The molecule has 0 saturated heterocycles. The van der Waals surface area contributed by atoms with Gasteiger partial charge in [0.15, 0.2) is 5.78 Å². The summed E-state index contributed by atoms with van der Waals surface area (Å²) in [7, 11) is 0. The van der Waals surface area contributed by atoms with Crippen LogP contribution < -0.4 is 0 Å². The first-order chi connectivity index (χ1) is 12.4. The summed E-state index contributed by atoms with van der Waals surface area (Å²) in [5.41, 5.74) is 2.64. The number of carbonyl (C=O) groups excluding carboxylic acids is 2. The summed E-state index contributed by atoms with van der Waals surface area (Å²) in [6, 6.07) is 7.95. The highest BCUT2D eigenvalue weighted by molar-refractivity contribution is 7.15. The summed E-state index contributed by atoms with van der Waals surface area (Å²) in [6.45, 7) is 11.9. The van der Waals surface area contributed by atoms with Gasteiger partial charge in [-0.2, -0.15) is 0 Å². The summed E-state index contributed by atoms with van der Waals surface area (Å²) >= 11 is 1.53. The van der Waals surface area contributed by atoms with Crippen LogP contribution in [0.3, 0.4) is 0 Å². The third-order valence-electron chi connectivity index (χ3n) is 4.61. The van der Waals surface area contributed by atoms with Crippen molar-refractivity contribution < 1.29 is 9.59 Å². The van der Waals surface area contributed by atoms with Crippen molar-refractivity contribution in [3.8, 4) is 10.6 Å². The van der Waals surface area contributed by atoms with E-state index in [9.17, 15) is 9.59 Å². The molecule has 0 radical (unpaired) electrons. The molecule has 138 valence electrons. The van der Waals surface area contributed by atoms with Gasteiger partial charge in [0, 0.05) is 16.4 Å². The van der Waals surface area contributed by atoms with Crippen molar-refractivity contribution in [3.05, 3.63) is 47.0 Å². The first kappa shape index (κ1) is 20.2. The zero-order valence-corrected chi connectivity index (χ0v) is 16.8. The number of aldehydes is 1. The maximum absolute atomic E-state index is 12.9. The van der Waals surface area contributed by atoms with Crippen LogP contribution in [-0.4, -0.2) is 17.1 Å². The molecule has 3 nitrogen and oxygen atoms in total. The minimum Gasteiger partial charge on any atom is -0.302 e. The molecule has 4 heteroatoms. The molecule has 1 heterocycles. The van der Waals surface area contributed by atoms with Crippen LogP contribution in [0.15, 0.2) is 30.8 Å². The zero-order valence-electron chi connectivity index (χ0n) is 16.0. The number of nitrogens with zero attached hydrogens (tertiary/aromatic N) is 1. The first-order valence-corrected chi connectivity index (χ1v) is 9.92. The molecule has 26 heavy (non-hydrogen) atoms. The molecule has 0 aliphatic heterocycles. The van der Waals surface area contributed by atoms with Crippen LogP contribution in [-0.2, 0) is 9.59 Å². The lowest BCUT2D eigenvalue weighted by atomic mass is 9.84. The van der Waals surface area contributed by atoms with Crippen molar-refractivity contribution in [1.82, 2.24) is 4.98 Å². The Morgan fingerprint density at radius 1 is 1.27 bits per heavy atom. The number of hydrogen-bond donors (Lipinski definition) is 0. The van der Waals surface area contributed by atoms with E-state index in [2.05, 4.69) is 25.4 Å². The van der Waals surface area contributed by atoms with Gasteiger partial charge in [0.2, 0.25) is 0 Å². The van der Waals surface area contributed by atoms with Gasteiger partial charge in [0.05, 0.1) is 5.69 Å². The quantitative estimate of drug-likeness (QED) is 0.422. The van der Waals surface area contributed by atoms with Crippen molar-refractivity contribution in [2.45, 2.75) is 46.5 Å². The lowest BCUT2D eigenvalue weighted by Crippen LogP contribution is -2.25. The number of aryl methyl sites for hydroxylation is 1. The first-order valence-electron chi connectivity index (χ1n) is 9.10. The molecule has 0 aliphatic rings. The highest BCUT2D eigenvalue weighted by Gasteiger charge is 2.30. The molecular formula is C22H27NO2S. The Morgan fingerprint density at radius 2 is 1.92 bits per heavy atom. The standard InChI is InChI=1S/C22H27NO2S/c1-6-16-8-10-18(11-9-16)22-23-20(15(5)26-22)19(13-24)21(25)17(7-2)12-14(3)4/h6,8-11,13-14,17,19H,1,7,12H2,2-5H3/t17-,19?/m1/s1. The minimum absolute atomic E-state index is 0.00171. The molecule has 0 saturated carbocycles. The fourth-order valence-corrected chi connectivity index (χ4v) is 4.12. The lowest BCUT2D eigenvalue weighted by Gasteiger charge is -2.19. The largest absolute Gasteiger partial charge is 0.302 e. The normalized spacial score (nSPS) is 13.4. The molecule has 1 unspecified atom stereocenters. The van der Waals surface area contributed by atoms with Crippen molar-refractivity contribution >= 4 is 29.5 Å². The van der Waals surface area contributed by atoms with Crippen LogP contribution in [0.25, 0.3) is 16.6 Å². The Hall–Kier alpha value is -2.07. The average molecular weight is 370 g/mol. The topological polar surface area (TPSA) is 47.0 Å². The Morgan fingerprint density at radius 3 is 2.42 bits per heavy atom. The fraction of sp³-hybridized carbons (Fsp3) is 0.409. The molecule has 1 aromatic carbocycles. The molecule has 0 bridgehead atoms. The second-order valence-electron chi connectivity index (χ2n) is 7.04. The van der Waals surface area contributed by atoms with Gasteiger partial charge in [-0.3, -0.25) is 4.79 Å². The highest BCUT2D eigenvalue weighted by Crippen LogP contribution is 2.33. The third kappa shape index (κ3) is 4.55. The van der Waals surface area contributed by atoms with Crippen LogP contribution in [0.1, 0.15) is 55.7 Å². The lowest BCUT2D eigenvalue weighted by molar-refractivity contribution is -0.128. The summed E-state index contributed by atoms with van der Waals surface area (Å²) in [6.07, 6.45) is 4.11. The second-order valence-corrected chi connectivity index (χ2v) is 8.24. The smallest absolute Gasteiger partial charge is 0.152 e. The molecule has 1 aromatic heterocycles. The molecule has 2 rings (SSSR count). The number of benzene rings is 1. The molecule has 0 fully saturated rings. The minimum atomic E-state index is -0.767. The number of rotatable bonds is 9. The van der Waals surface area contributed by atoms with Gasteiger partial charge in [0.1, 0.15) is 17.2 Å². The number of thiazole rings is 1. The number of ketones is 1. The maximum Gasteiger partial charge on any atom is 0.152 e. The van der Waals surface area contributed by atoms with Crippen molar-refractivity contribution in [2.75, 3.05) is 0 Å². The van der Waals surface area contributed by atoms with Gasteiger partial charge in [-0.1, -0.05) is 57.7 Å². The molecule has 0 spiro atoms. The van der Waals surface area contributed by atoms with Crippen molar-refractivity contribution in [1.29, 1.82) is 0 Å².